The summed E-state index contributed by atoms with van der Waals surface area (Å²) in [6.07, 6.45) is -1.29. The Bertz CT molecular complexity index is 730. The summed E-state index contributed by atoms with van der Waals surface area (Å²) in [6, 6.07) is 16.0. The topological polar surface area (TPSA) is 73.9 Å². The van der Waals surface area contributed by atoms with Crippen LogP contribution in [0.2, 0.25) is 0 Å². The van der Waals surface area contributed by atoms with Crippen LogP contribution in [0.4, 0.5) is 5.69 Å². The molecule has 0 unspecified atom stereocenters. The molecule has 1 N–H and O–H groups in total. The summed E-state index contributed by atoms with van der Waals surface area (Å²) in [7, 11) is 0. The summed E-state index contributed by atoms with van der Waals surface area (Å²) in [4.78, 5) is 24.6. The Morgan fingerprint density at radius 2 is 1.63 bits per heavy atom. The number of nitrogens with one attached hydrogen (secondary N) is 1. The van der Waals surface area contributed by atoms with Gasteiger partial charge in [-0.15, -0.1) is 0 Å². The summed E-state index contributed by atoms with van der Waals surface area (Å²) < 4.78 is 16.3. The van der Waals surface area contributed by atoms with Crippen molar-refractivity contribution in [2.24, 2.45) is 0 Å². The molecule has 0 fully saturated rings. The van der Waals surface area contributed by atoms with Gasteiger partial charge < -0.3 is 19.5 Å². The minimum absolute atomic E-state index is 0.415. The van der Waals surface area contributed by atoms with Crippen molar-refractivity contribution in [3.63, 3.8) is 0 Å². The number of amides is 1. The lowest BCUT2D eigenvalue weighted by Gasteiger charge is -2.19. The number of anilines is 1. The van der Waals surface area contributed by atoms with Crippen molar-refractivity contribution in [3.05, 3.63) is 54.6 Å². The third-order valence-electron chi connectivity index (χ3n) is 3.75. The molecular weight excluding hydrogens is 346 g/mol. The standard InChI is InChI=1S/C21H25NO5/c1-4-19(27-18-9-7-6-8-10-18)21(24)26-15(3)20(23)22-16-11-13-17(14-12-16)25-5-2/h6-15,19H,4-5H2,1-3H3,(H,22,23)/t15-,19+/m0/s1. The average Bonchev–Trinajstić information content (AvgIpc) is 2.68. The highest BCUT2D eigenvalue weighted by Crippen LogP contribution is 2.17. The lowest BCUT2D eigenvalue weighted by Crippen LogP contribution is -2.36. The first-order valence-electron chi connectivity index (χ1n) is 8.99. The summed E-state index contributed by atoms with van der Waals surface area (Å²) >= 11 is 0. The van der Waals surface area contributed by atoms with Crippen LogP contribution in [-0.4, -0.2) is 30.7 Å². The van der Waals surface area contributed by atoms with Crippen LogP contribution in [0.1, 0.15) is 27.2 Å². The minimum Gasteiger partial charge on any atom is -0.494 e. The van der Waals surface area contributed by atoms with E-state index in [1.165, 1.54) is 6.92 Å². The summed E-state index contributed by atoms with van der Waals surface area (Å²) in [5.41, 5.74) is 0.596. The monoisotopic (exact) mass is 371 g/mol. The zero-order chi connectivity index (χ0) is 19.6. The third-order valence-corrected chi connectivity index (χ3v) is 3.75. The quantitative estimate of drug-likeness (QED) is 0.679. The highest BCUT2D eigenvalue weighted by molar-refractivity contribution is 5.95. The van der Waals surface area contributed by atoms with E-state index in [1.54, 1.807) is 36.4 Å². The zero-order valence-electron chi connectivity index (χ0n) is 15.8. The molecule has 2 aromatic carbocycles. The van der Waals surface area contributed by atoms with Gasteiger partial charge in [-0.25, -0.2) is 4.79 Å². The van der Waals surface area contributed by atoms with Crippen LogP contribution in [0.25, 0.3) is 0 Å². The van der Waals surface area contributed by atoms with Gasteiger partial charge in [-0.1, -0.05) is 25.1 Å². The van der Waals surface area contributed by atoms with Crippen LogP contribution >= 0.6 is 0 Å². The Labute approximate surface area is 159 Å². The predicted octanol–water partition coefficient (Wildman–Crippen LogP) is 3.81. The minimum atomic E-state index is -0.947. The number of carbonyl (C=O) groups is 2. The van der Waals surface area contributed by atoms with Crippen LogP contribution in [0.5, 0.6) is 11.5 Å². The maximum atomic E-state index is 12.3. The van der Waals surface area contributed by atoms with E-state index >= 15 is 0 Å². The number of carbonyl (C=O) groups excluding carboxylic acids is 2. The number of hydrogen-bond donors (Lipinski definition) is 1. The molecule has 2 rings (SSSR count). The SMILES string of the molecule is CCOc1ccc(NC(=O)[C@H](C)OC(=O)[C@@H](CC)Oc2ccccc2)cc1. The fourth-order valence-electron chi connectivity index (χ4n) is 2.31. The van der Waals surface area contributed by atoms with Gasteiger partial charge in [-0.3, -0.25) is 4.79 Å². The van der Waals surface area contributed by atoms with Crippen LogP contribution in [0.15, 0.2) is 54.6 Å². The summed E-state index contributed by atoms with van der Waals surface area (Å²) in [5.74, 6) is 0.310. The van der Waals surface area contributed by atoms with E-state index in [0.717, 1.165) is 5.75 Å². The second-order valence-corrected chi connectivity index (χ2v) is 5.85. The zero-order valence-corrected chi connectivity index (χ0v) is 15.8. The fraction of sp³-hybridized carbons (Fsp3) is 0.333. The van der Waals surface area contributed by atoms with E-state index in [4.69, 9.17) is 14.2 Å². The van der Waals surface area contributed by atoms with Crippen molar-refractivity contribution >= 4 is 17.6 Å². The Hall–Kier alpha value is -3.02. The maximum Gasteiger partial charge on any atom is 0.348 e. The Kier molecular flexibility index (Phi) is 7.67. The van der Waals surface area contributed by atoms with Crippen molar-refractivity contribution < 1.29 is 23.8 Å². The normalized spacial score (nSPS) is 12.6. The molecule has 0 saturated carbocycles. The number of ether oxygens (including phenoxy) is 3. The molecule has 27 heavy (non-hydrogen) atoms. The molecule has 6 heteroatoms. The highest BCUT2D eigenvalue weighted by atomic mass is 16.6. The number of benzene rings is 2. The fourth-order valence-corrected chi connectivity index (χ4v) is 2.31. The van der Waals surface area contributed by atoms with Gasteiger partial charge in [0.25, 0.3) is 5.91 Å². The Morgan fingerprint density at radius 3 is 2.22 bits per heavy atom. The van der Waals surface area contributed by atoms with E-state index in [0.29, 0.717) is 24.5 Å². The number of esters is 1. The number of para-hydroxylation sites is 1. The van der Waals surface area contributed by atoms with Crippen molar-refractivity contribution in [1.29, 1.82) is 0 Å². The largest absolute Gasteiger partial charge is 0.494 e. The van der Waals surface area contributed by atoms with Crippen LogP contribution in [0.3, 0.4) is 0 Å². The molecule has 0 aliphatic rings. The molecule has 2 atom stereocenters. The number of hydrogen-bond acceptors (Lipinski definition) is 5. The van der Waals surface area contributed by atoms with Crippen molar-refractivity contribution in [2.75, 3.05) is 11.9 Å². The molecular formula is C21H25NO5. The van der Waals surface area contributed by atoms with Crippen molar-refractivity contribution in [3.8, 4) is 11.5 Å². The molecule has 0 bridgehead atoms. The van der Waals surface area contributed by atoms with Crippen molar-refractivity contribution in [1.82, 2.24) is 0 Å². The highest BCUT2D eigenvalue weighted by Gasteiger charge is 2.25. The Balaban J connectivity index is 1.88. The third kappa shape index (κ3) is 6.33. The van der Waals surface area contributed by atoms with Crippen LogP contribution in [0, 0.1) is 0 Å². The van der Waals surface area contributed by atoms with Crippen LogP contribution in [-0.2, 0) is 14.3 Å². The van der Waals surface area contributed by atoms with E-state index in [1.807, 2.05) is 32.0 Å². The van der Waals surface area contributed by atoms with Gasteiger partial charge >= 0.3 is 5.97 Å². The molecule has 1 amide bonds. The molecule has 0 saturated heterocycles. The first-order chi connectivity index (χ1) is 13.0. The predicted molar refractivity (Wildman–Crippen MR) is 103 cm³/mol. The molecule has 144 valence electrons. The molecule has 0 heterocycles. The van der Waals surface area contributed by atoms with Gasteiger partial charge in [0.1, 0.15) is 11.5 Å². The van der Waals surface area contributed by atoms with E-state index < -0.39 is 24.1 Å². The number of rotatable bonds is 9. The lowest BCUT2D eigenvalue weighted by molar-refractivity contribution is -0.160. The first kappa shape index (κ1) is 20.3. The van der Waals surface area contributed by atoms with Gasteiger partial charge in [-0.2, -0.15) is 0 Å². The average molecular weight is 371 g/mol. The summed E-state index contributed by atoms with van der Waals surface area (Å²) in [6.45, 7) is 5.82. The molecule has 0 aliphatic heterocycles. The van der Waals surface area contributed by atoms with Gasteiger partial charge in [-0.05, 0) is 56.7 Å². The van der Waals surface area contributed by atoms with Gasteiger partial charge in [0.15, 0.2) is 12.2 Å². The lowest BCUT2D eigenvalue weighted by atomic mass is 10.2. The molecule has 0 spiro atoms. The molecule has 0 radical (unpaired) electrons. The van der Waals surface area contributed by atoms with Gasteiger partial charge in [0.05, 0.1) is 6.61 Å². The molecule has 2 aromatic rings. The Morgan fingerprint density at radius 1 is 0.963 bits per heavy atom. The maximum absolute atomic E-state index is 12.3. The van der Waals surface area contributed by atoms with E-state index in [2.05, 4.69) is 5.32 Å². The molecule has 0 aromatic heterocycles. The second kappa shape index (κ2) is 10.2. The van der Waals surface area contributed by atoms with Crippen molar-refractivity contribution in [2.45, 2.75) is 39.4 Å². The van der Waals surface area contributed by atoms with E-state index in [-0.39, 0.29) is 0 Å². The molecule has 6 nitrogen and oxygen atoms in total. The second-order valence-electron chi connectivity index (χ2n) is 5.85. The van der Waals surface area contributed by atoms with Gasteiger partial charge in [0.2, 0.25) is 0 Å². The van der Waals surface area contributed by atoms with E-state index in [9.17, 15) is 9.59 Å². The smallest absolute Gasteiger partial charge is 0.348 e. The molecule has 0 aliphatic carbocycles. The first-order valence-corrected chi connectivity index (χ1v) is 8.99. The van der Waals surface area contributed by atoms with Gasteiger partial charge in [0, 0.05) is 5.69 Å². The van der Waals surface area contributed by atoms with Crippen LogP contribution < -0.4 is 14.8 Å². The summed E-state index contributed by atoms with van der Waals surface area (Å²) in [5, 5.41) is 2.71.